The first-order valence-corrected chi connectivity index (χ1v) is 6.48. The van der Waals surface area contributed by atoms with E-state index in [-0.39, 0.29) is 5.91 Å². The number of unbranched alkanes of at least 4 members (excludes halogenated alkanes) is 1. The zero-order valence-corrected chi connectivity index (χ0v) is 11.8. The fourth-order valence-corrected chi connectivity index (χ4v) is 1.41. The molecule has 0 aliphatic heterocycles. The number of rotatable bonds is 4. The Labute approximate surface area is 106 Å². The summed E-state index contributed by atoms with van der Waals surface area (Å²) in [5, 5.41) is 0. The lowest BCUT2D eigenvalue weighted by atomic mass is 10.2. The molecule has 0 heterocycles. The molecule has 0 spiro atoms. The summed E-state index contributed by atoms with van der Waals surface area (Å²) in [6.45, 7) is 8.14. The lowest BCUT2D eigenvalue weighted by molar-refractivity contribution is -0.118. The van der Waals surface area contributed by atoms with Gasteiger partial charge in [-0.05, 0) is 25.5 Å². The molecule has 1 amide bonds. The molecule has 96 valence electrons. The number of hydrogen-bond donors (Lipinski definition) is 0. The number of hydrogen-bond acceptors (Lipinski definition) is 1. The summed E-state index contributed by atoms with van der Waals surface area (Å²) in [6, 6.07) is 8.02. The molecule has 0 aliphatic rings. The highest BCUT2D eigenvalue weighted by molar-refractivity contribution is 5.92. The molecule has 0 saturated heterocycles. The van der Waals surface area contributed by atoms with Crippen LogP contribution in [0.4, 0.5) is 5.69 Å². The Bertz CT molecular complexity index is 316. The van der Waals surface area contributed by atoms with E-state index in [2.05, 4.69) is 6.92 Å². The van der Waals surface area contributed by atoms with E-state index in [1.165, 1.54) is 5.56 Å². The van der Waals surface area contributed by atoms with E-state index in [4.69, 9.17) is 0 Å². The van der Waals surface area contributed by atoms with Gasteiger partial charge in [0.1, 0.15) is 0 Å². The number of aryl methyl sites for hydroxylation is 1. The van der Waals surface area contributed by atoms with Crippen molar-refractivity contribution in [3.05, 3.63) is 29.8 Å². The molecule has 0 aliphatic carbocycles. The van der Waals surface area contributed by atoms with E-state index in [9.17, 15) is 4.79 Å². The van der Waals surface area contributed by atoms with Crippen molar-refractivity contribution >= 4 is 11.6 Å². The molecule has 0 radical (unpaired) electrons. The van der Waals surface area contributed by atoms with E-state index in [0.717, 1.165) is 18.5 Å². The molecule has 0 saturated carbocycles. The van der Waals surface area contributed by atoms with Crippen LogP contribution in [0.5, 0.6) is 0 Å². The van der Waals surface area contributed by atoms with Gasteiger partial charge in [-0.3, -0.25) is 4.79 Å². The van der Waals surface area contributed by atoms with Crippen LogP contribution in [0.25, 0.3) is 0 Å². The first kappa shape index (κ1) is 15.7. The molecule has 0 N–H and O–H groups in total. The van der Waals surface area contributed by atoms with Crippen LogP contribution in [0, 0.1) is 6.92 Å². The van der Waals surface area contributed by atoms with Crippen LogP contribution in [0.2, 0.25) is 0 Å². The maximum Gasteiger partial charge on any atom is 0.226 e. The van der Waals surface area contributed by atoms with Crippen molar-refractivity contribution in [2.24, 2.45) is 0 Å². The van der Waals surface area contributed by atoms with E-state index in [0.29, 0.717) is 6.42 Å². The average Bonchev–Trinajstić information content (AvgIpc) is 2.38. The fourth-order valence-electron chi connectivity index (χ4n) is 1.41. The zero-order chi connectivity index (χ0) is 13.3. The average molecular weight is 235 g/mol. The van der Waals surface area contributed by atoms with Crippen LogP contribution < -0.4 is 4.90 Å². The van der Waals surface area contributed by atoms with Crippen molar-refractivity contribution < 1.29 is 4.79 Å². The van der Waals surface area contributed by atoms with E-state index >= 15 is 0 Å². The Morgan fingerprint density at radius 2 is 1.71 bits per heavy atom. The first-order valence-electron chi connectivity index (χ1n) is 6.48. The summed E-state index contributed by atoms with van der Waals surface area (Å²) >= 11 is 0. The van der Waals surface area contributed by atoms with E-state index < -0.39 is 0 Å². The maximum absolute atomic E-state index is 11.7. The van der Waals surface area contributed by atoms with Gasteiger partial charge in [0.05, 0.1) is 0 Å². The molecule has 0 atom stereocenters. The summed E-state index contributed by atoms with van der Waals surface area (Å²) in [7, 11) is 1.84. The summed E-state index contributed by atoms with van der Waals surface area (Å²) in [6.07, 6.45) is 2.67. The summed E-state index contributed by atoms with van der Waals surface area (Å²) in [4.78, 5) is 13.4. The predicted molar refractivity (Wildman–Crippen MR) is 75.5 cm³/mol. The molecular weight excluding hydrogens is 210 g/mol. The standard InChI is InChI=1S/C13H19NO.C2H6/c1-4-5-6-13(15)14(3)12-9-7-11(2)8-10-12;1-2/h7-10H,4-6H2,1-3H3;1-2H3. The number of carbonyl (C=O) groups excluding carboxylic acids is 1. The third kappa shape index (κ3) is 5.53. The van der Waals surface area contributed by atoms with Crippen LogP contribution in [-0.4, -0.2) is 13.0 Å². The number of benzene rings is 1. The SMILES string of the molecule is CC.CCCCC(=O)N(C)c1ccc(C)cc1. The lowest BCUT2D eigenvalue weighted by Gasteiger charge is -2.17. The van der Waals surface area contributed by atoms with Crippen LogP contribution >= 0.6 is 0 Å². The largest absolute Gasteiger partial charge is 0.316 e. The van der Waals surface area contributed by atoms with Crippen molar-refractivity contribution in [3.8, 4) is 0 Å². The number of nitrogens with zero attached hydrogens (tertiary/aromatic N) is 1. The molecule has 17 heavy (non-hydrogen) atoms. The summed E-state index contributed by atoms with van der Waals surface area (Å²) in [5.41, 5.74) is 2.19. The number of anilines is 1. The third-order valence-corrected chi connectivity index (χ3v) is 2.54. The number of carbonyl (C=O) groups is 1. The number of amides is 1. The van der Waals surface area contributed by atoms with Crippen LogP contribution in [0.15, 0.2) is 24.3 Å². The smallest absolute Gasteiger partial charge is 0.226 e. The van der Waals surface area contributed by atoms with Crippen molar-refractivity contribution in [2.45, 2.75) is 47.0 Å². The highest BCUT2D eigenvalue weighted by Crippen LogP contribution is 2.14. The third-order valence-electron chi connectivity index (χ3n) is 2.54. The Morgan fingerprint density at radius 1 is 1.18 bits per heavy atom. The van der Waals surface area contributed by atoms with Gasteiger partial charge in [-0.25, -0.2) is 0 Å². The van der Waals surface area contributed by atoms with Gasteiger partial charge in [-0.2, -0.15) is 0 Å². The molecule has 1 rings (SSSR count). The van der Waals surface area contributed by atoms with Gasteiger partial charge in [-0.15, -0.1) is 0 Å². The fraction of sp³-hybridized carbons (Fsp3) is 0.533. The topological polar surface area (TPSA) is 20.3 Å². The predicted octanol–water partition coefficient (Wildman–Crippen LogP) is 4.17. The van der Waals surface area contributed by atoms with Gasteiger partial charge in [0.25, 0.3) is 0 Å². The minimum atomic E-state index is 0.195. The van der Waals surface area contributed by atoms with Gasteiger partial charge in [0.15, 0.2) is 0 Å². The second-order valence-corrected chi connectivity index (χ2v) is 3.89. The molecule has 0 aromatic heterocycles. The molecule has 0 unspecified atom stereocenters. The van der Waals surface area contributed by atoms with Gasteiger partial charge < -0.3 is 4.90 Å². The zero-order valence-electron chi connectivity index (χ0n) is 11.8. The van der Waals surface area contributed by atoms with Gasteiger partial charge in [0.2, 0.25) is 5.91 Å². The molecular formula is C15H25NO. The molecule has 1 aromatic rings. The molecule has 0 bridgehead atoms. The highest BCUT2D eigenvalue weighted by atomic mass is 16.2. The van der Waals surface area contributed by atoms with Gasteiger partial charge in [-0.1, -0.05) is 44.9 Å². The first-order chi connectivity index (χ1) is 8.15. The van der Waals surface area contributed by atoms with Crippen molar-refractivity contribution in [1.82, 2.24) is 0 Å². The molecule has 2 nitrogen and oxygen atoms in total. The minimum absolute atomic E-state index is 0.195. The maximum atomic E-state index is 11.7. The summed E-state index contributed by atoms with van der Waals surface area (Å²) in [5.74, 6) is 0.195. The minimum Gasteiger partial charge on any atom is -0.316 e. The molecule has 1 aromatic carbocycles. The van der Waals surface area contributed by atoms with Crippen LogP contribution in [0.3, 0.4) is 0 Å². The Hall–Kier alpha value is -1.31. The quantitative estimate of drug-likeness (QED) is 0.767. The molecule has 2 heteroatoms. The monoisotopic (exact) mass is 235 g/mol. The van der Waals surface area contributed by atoms with Crippen molar-refractivity contribution in [2.75, 3.05) is 11.9 Å². The van der Waals surface area contributed by atoms with Crippen LogP contribution in [0.1, 0.15) is 45.6 Å². The van der Waals surface area contributed by atoms with E-state index in [1.54, 1.807) is 4.90 Å². The van der Waals surface area contributed by atoms with Gasteiger partial charge in [0, 0.05) is 19.2 Å². The second kappa shape index (κ2) is 8.80. The Kier molecular flexibility index (Phi) is 8.12. The van der Waals surface area contributed by atoms with Gasteiger partial charge >= 0.3 is 0 Å². The highest BCUT2D eigenvalue weighted by Gasteiger charge is 2.09. The lowest BCUT2D eigenvalue weighted by Crippen LogP contribution is -2.25. The van der Waals surface area contributed by atoms with Crippen molar-refractivity contribution in [1.29, 1.82) is 0 Å². The van der Waals surface area contributed by atoms with Crippen molar-refractivity contribution in [3.63, 3.8) is 0 Å². The second-order valence-electron chi connectivity index (χ2n) is 3.89. The normalized spacial score (nSPS) is 9.24. The Morgan fingerprint density at radius 3 is 2.18 bits per heavy atom. The van der Waals surface area contributed by atoms with E-state index in [1.807, 2.05) is 52.1 Å². The Balaban J connectivity index is 0.00000121. The molecule has 0 fully saturated rings. The van der Waals surface area contributed by atoms with Crippen LogP contribution in [-0.2, 0) is 4.79 Å². The summed E-state index contributed by atoms with van der Waals surface area (Å²) < 4.78 is 0.